The molecule has 6 nitrogen and oxygen atoms in total. The Kier molecular flexibility index (Phi) is 3.31. The van der Waals surface area contributed by atoms with Gasteiger partial charge < -0.3 is 9.32 Å². The van der Waals surface area contributed by atoms with Gasteiger partial charge in [-0.05, 0) is 12.1 Å². The van der Waals surface area contributed by atoms with Gasteiger partial charge in [-0.2, -0.15) is 5.10 Å². The summed E-state index contributed by atoms with van der Waals surface area (Å²) in [5.41, 5.74) is 2.63. The Morgan fingerprint density at radius 1 is 1.55 bits per heavy atom. The molecule has 0 unspecified atom stereocenters. The standard InChI is InChI=1S/C14H18N4O2/c1-17(2)14(19)13-11-9-18(6-5-12(11)15-16-13)8-10-4-3-7-20-10/h3-4,7H,5-6,8-9H2,1-2H3,(H,15,16). The van der Waals surface area contributed by atoms with E-state index in [1.807, 2.05) is 12.1 Å². The summed E-state index contributed by atoms with van der Waals surface area (Å²) in [6.45, 7) is 2.42. The lowest BCUT2D eigenvalue weighted by molar-refractivity contribution is 0.0819. The molecule has 0 bridgehead atoms. The fraction of sp³-hybridized carbons (Fsp3) is 0.429. The van der Waals surface area contributed by atoms with Crippen molar-refractivity contribution in [2.24, 2.45) is 0 Å². The molecule has 1 amide bonds. The van der Waals surface area contributed by atoms with E-state index < -0.39 is 0 Å². The topological polar surface area (TPSA) is 65.4 Å². The Morgan fingerprint density at radius 2 is 2.40 bits per heavy atom. The van der Waals surface area contributed by atoms with Crippen LogP contribution >= 0.6 is 0 Å². The summed E-state index contributed by atoms with van der Waals surface area (Å²) in [5, 5.41) is 7.18. The number of nitrogens with one attached hydrogen (secondary N) is 1. The van der Waals surface area contributed by atoms with Crippen LogP contribution in [0.5, 0.6) is 0 Å². The van der Waals surface area contributed by atoms with Crippen molar-refractivity contribution in [1.29, 1.82) is 0 Å². The van der Waals surface area contributed by atoms with Crippen molar-refractivity contribution >= 4 is 5.91 Å². The van der Waals surface area contributed by atoms with Crippen molar-refractivity contribution in [2.45, 2.75) is 19.5 Å². The summed E-state index contributed by atoms with van der Waals surface area (Å²) in [7, 11) is 3.49. The maximum absolute atomic E-state index is 12.1. The third-order valence-corrected chi connectivity index (χ3v) is 3.58. The molecule has 2 aromatic heterocycles. The zero-order chi connectivity index (χ0) is 14.1. The number of rotatable bonds is 3. The summed E-state index contributed by atoms with van der Waals surface area (Å²) >= 11 is 0. The highest BCUT2D eigenvalue weighted by atomic mass is 16.3. The number of carbonyl (C=O) groups excluding carboxylic acids is 1. The van der Waals surface area contributed by atoms with Gasteiger partial charge >= 0.3 is 0 Å². The van der Waals surface area contributed by atoms with Crippen molar-refractivity contribution in [3.63, 3.8) is 0 Å². The molecule has 1 N–H and O–H groups in total. The van der Waals surface area contributed by atoms with Crippen LogP contribution in [0.25, 0.3) is 0 Å². The summed E-state index contributed by atoms with van der Waals surface area (Å²) < 4.78 is 5.38. The Morgan fingerprint density at radius 3 is 3.10 bits per heavy atom. The van der Waals surface area contributed by atoms with Gasteiger partial charge in [-0.15, -0.1) is 0 Å². The lowest BCUT2D eigenvalue weighted by atomic mass is 10.0. The molecule has 20 heavy (non-hydrogen) atoms. The first-order valence-corrected chi connectivity index (χ1v) is 6.67. The normalized spacial score (nSPS) is 15.1. The second-order valence-corrected chi connectivity index (χ2v) is 5.27. The zero-order valence-electron chi connectivity index (χ0n) is 11.7. The Hall–Kier alpha value is -2.08. The molecule has 6 heteroatoms. The molecule has 0 aliphatic carbocycles. The molecule has 0 saturated carbocycles. The molecule has 0 saturated heterocycles. The highest BCUT2D eigenvalue weighted by molar-refractivity contribution is 5.93. The SMILES string of the molecule is CN(C)C(=O)c1n[nH]c2c1CN(Cc1ccco1)CC2. The molecule has 106 valence electrons. The third kappa shape index (κ3) is 2.34. The number of amides is 1. The highest BCUT2D eigenvalue weighted by Gasteiger charge is 2.26. The Labute approximate surface area is 117 Å². The van der Waals surface area contributed by atoms with Crippen LogP contribution in [-0.4, -0.2) is 46.5 Å². The molecule has 0 radical (unpaired) electrons. The second kappa shape index (κ2) is 5.13. The maximum Gasteiger partial charge on any atom is 0.274 e. The monoisotopic (exact) mass is 274 g/mol. The van der Waals surface area contributed by atoms with E-state index in [9.17, 15) is 4.79 Å². The van der Waals surface area contributed by atoms with Crippen molar-refractivity contribution in [3.8, 4) is 0 Å². The van der Waals surface area contributed by atoms with E-state index in [1.165, 1.54) is 0 Å². The minimum Gasteiger partial charge on any atom is -0.468 e. The number of aromatic amines is 1. The lowest BCUT2D eigenvalue weighted by Crippen LogP contribution is -2.31. The van der Waals surface area contributed by atoms with E-state index in [-0.39, 0.29) is 5.91 Å². The fourth-order valence-electron chi connectivity index (χ4n) is 2.50. The zero-order valence-corrected chi connectivity index (χ0v) is 11.7. The van der Waals surface area contributed by atoms with Crippen LogP contribution in [0.1, 0.15) is 27.5 Å². The van der Waals surface area contributed by atoms with Gasteiger partial charge in [0, 0.05) is 44.9 Å². The summed E-state index contributed by atoms with van der Waals surface area (Å²) in [4.78, 5) is 15.9. The summed E-state index contributed by atoms with van der Waals surface area (Å²) in [6, 6.07) is 3.86. The number of aromatic nitrogens is 2. The first-order chi connectivity index (χ1) is 9.65. The largest absolute Gasteiger partial charge is 0.468 e. The van der Waals surface area contributed by atoms with Gasteiger partial charge in [0.25, 0.3) is 5.91 Å². The predicted molar refractivity (Wildman–Crippen MR) is 73.1 cm³/mol. The van der Waals surface area contributed by atoms with Crippen molar-refractivity contribution in [1.82, 2.24) is 20.0 Å². The molecule has 3 heterocycles. The van der Waals surface area contributed by atoms with Crippen LogP contribution in [0.15, 0.2) is 22.8 Å². The molecule has 1 aliphatic rings. The van der Waals surface area contributed by atoms with Gasteiger partial charge in [-0.25, -0.2) is 0 Å². The first kappa shape index (κ1) is 12.9. The number of hydrogen-bond acceptors (Lipinski definition) is 4. The van der Waals surface area contributed by atoms with Crippen LogP contribution in [0.2, 0.25) is 0 Å². The smallest absolute Gasteiger partial charge is 0.274 e. The molecule has 0 spiro atoms. The minimum atomic E-state index is -0.0534. The van der Waals surface area contributed by atoms with Crippen LogP contribution in [0.3, 0.4) is 0 Å². The van der Waals surface area contributed by atoms with Gasteiger partial charge in [0.05, 0.1) is 12.8 Å². The number of hydrogen-bond donors (Lipinski definition) is 1. The molecule has 0 aromatic carbocycles. The van der Waals surface area contributed by atoms with E-state index in [0.29, 0.717) is 5.69 Å². The first-order valence-electron chi connectivity index (χ1n) is 6.67. The summed E-state index contributed by atoms with van der Waals surface area (Å²) in [6.07, 6.45) is 2.56. The number of fused-ring (bicyclic) bond motifs is 1. The molecule has 3 rings (SSSR count). The second-order valence-electron chi connectivity index (χ2n) is 5.27. The van der Waals surface area contributed by atoms with E-state index in [4.69, 9.17) is 4.42 Å². The molecule has 1 aliphatic heterocycles. The number of carbonyl (C=O) groups is 1. The minimum absolute atomic E-state index is 0.0534. The van der Waals surface area contributed by atoms with Crippen molar-refractivity contribution < 1.29 is 9.21 Å². The molecule has 0 fully saturated rings. The summed E-state index contributed by atoms with van der Waals surface area (Å²) in [5.74, 6) is 0.889. The number of furan rings is 1. The highest BCUT2D eigenvalue weighted by Crippen LogP contribution is 2.22. The average molecular weight is 274 g/mol. The maximum atomic E-state index is 12.1. The molecular weight excluding hydrogens is 256 g/mol. The van der Waals surface area contributed by atoms with Gasteiger partial charge in [0.1, 0.15) is 5.76 Å². The number of H-pyrrole nitrogens is 1. The van der Waals surface area contributed by atoms with Crippen LogP contribution in [-0.2, 0) is 19.5 Å². The quantitative estimate of drug-likeness (QED) is 0.915. The molecule has 2 aromatic rings. The van der Waals surface area contributed by atoms with Crippen LogP contribution in [0.4, 0.5) is 0 Å². The van der Waals surface area contributed by atoms with Crippen LogP contribution in [0, 0.1) is 0 Å². The van der Waals surface area contributed by atoms with Crippen molar-refractivity contribution in [2.75, 3.05) is 20.6 Å². The van der Waals surface area contributed by atoms with E-state index in [0.717, 1.165) is 43.1 Å². The Balaban J connectivity index is 1.79. The van der Waals surface area contributed by atoms with Gasteiger partial charge in [0.15, 0.2) is 5.69 Å². The van der Waals surface area contributed by atoms with E-state index in [1.54, 1.807) is 25.3 Å². The molecular formula is C14H18N4O2. The number of nitrogens with zero attached hydrogens (tertiary/aromatic N) is 3. The van der Waals surface area contributed by atoms with Gasteiger partial charge in [0.2, 0.25) is 0 Å². The fourth-order valence-corrected chi connectivity index (χ4v) is 2.50. The molecule has 0 atom stereocenters. The van der Waals surface area contributed by atoms with Crippen molar-refractivity contribution in [3.05, 3.63) is 41.1 Å². The predicted octanol–water partition coefficient (Wildman–Crippen LogP) is 1.26. The van der Waals surface area contributed by atoms with Gasteiger partial charge in [-0.1, -0.05) is 0 Å². The lowest BCUT2D eigenvalue weighted by Gasteiger charge is -2.26. The third-order valence-electron chi connectivity index (χ3n) is 3.58. The van der Waals surface area contributed by atoms with Crippen LogP contribution < -0.4 is 0 Å². The van der Waals surface area contributed by atoms with E-state index in [2.05, 4.69) is 15.1 Å². The van der Waals surface area contributed by atoms with Gasteiger partial charge in [-0.3, -0.25) is 14.8 Å². The average Bonchev–Trinajstić information content (AvgIpc) is 3.06. The van der Waals surface area contributed by atoms with E-state index >= 15 is 0 Å². The Bertz CT molecular complexity index is 601.